The molecule has 0 spiro atoms. The average molecular weight is 351 g/mol. The molecule has 0 unspecified atom stereocenters. The minimum absolute atomic E-state index is 0.0319. The number of aliphatic hydroxyl groups excluding tert-OH is 2. The van der Waals surface area contributed by atoms with Gasteiger partial charge in [0.15, 0.2) is 0 Å². The van der Waals surface area contributed by atoms with Crippen molar-refractivity contribution in [3.63, 3.8) is 0 Å². The summed E-state index contributed by atoms with van der Waals surface area (Å²) >= 11 is 3.43. The predicted octanol–water partition coefficient (Wildman–Crippen LogP) is 2.49. The first-order chi connectivity index (χ1) is 10.2. The number of aliphatic hydroxyl groups is 2. The molecule has 4 N–H and O–H groups in total. The molecule has 0 aliphatic carbocycles. The minimum atomic E-state index is 0.0319. The Morgan fingerprint density at radius 2 is 1.57 bits per heavy atom. The van der Waals surface area contributed by atoms with E-state index in [0.29, 0.717) is 18.8 Å². The van der Waals surface area contributed by atoms with Crippen LogP contribution in [0.3, 0.4) is 0 Å². The van der Waals surface area contributed by atoms with Crippen molar-refractivity contribution in [1.29, 1.82) is 0 Å². The Morgan fingerprint density at radius 1 is 0.952 bits per heavy atom. The zero-order chi connectivity index (χ0) is 15.2. The minimum Gasteiger partial charge on any atom is -0.399 e. The highest BCUT2D eigenvalue weighted by Crippen LogP contribution is 2.33. The molecular formula is C16H19BrN2O2. The summed E-state index contributed by atoms with van der Waals surface area (Å²) in [4.78, 5) is 1.96. The fourth-order valence-electron chi connectivity index (χ4n) is 2.28. The van der Waals surface area contributed by atoms with Gasteiger partial charge in [-0.2, -0.15) is 0 Å². The molecule has 2 aromatic rings. The van der Waals surface area contributed by atoms with Crippen LogP contribution in [-0.4, -0.2) is 36.5 Å². The van der Waals surface area contributed by atoms with Gasteiger partial charge in [-0.3, -0.25) is 0 Å². The third-order valence-corrected chi connectivity index (χ3v) is 3.79. The first kappa shape index (κ1) is 15.8. The van der Waals surface area contributed by atoms with Crippen LogP contribution in [-0.2, 0) is 0 Å². The van der Waals surface area contributed by atoms with E-state index in [1.807, 2.05) is 47.4 Å². The maximum atomic E-state index is 9.22. The predicted molar refractivity (Wildman–Crippen MR) is 90.4 cm³/mol. The number of rotatable bonds is 6. The number of halogens is 1. The summed E-state index contributed by atoms with van der Waals surface area (Å²) in [7, 11) is 0. The molecule has 0 aliphatic rings. The fraction of sp³-hybridized carbons (Fsp3) is 0.250. The molecule has 5 heteroatoms. The largest absolute Gasteiger partial charge is 0.399 e. The van der Waals surface area contributed by atoms with Crippen molar-refractivity contribution in [2.75, 3.05) is 36.9 Å². The van der Waals surface area contributed by atoms with Gasteiger partial charge in [-0.1, -0.05) is 28.1 Å². The molecule has 0 aromatic heterocycles. The SMILES string of the molecule is Nc1ccc(N(CCO)CCO)c(-c2ccc(Br)cc2)c1. The summed E-state index contributed by atoms with van der Waals surface area (Å²) in [5.74, 6) is 0. The van der Waals surface area contributed by atoms with Gasteiger partial charge in [-0.05, 0) is 35.9 Å². The summed E-state index contributed by atoms with van der Waals surface area (Å²) in [6.45, 7) is 0.996. The van der Waals surface area contributed by atoms with Gasteiger partial charge in [-0.25, -0.2) is 0 Å². The Morgan fingerprint density at radius 3 is 2.14 bits per heavy atom. The molecule has 0 saturated carbocycles. The van der Waals surface area contributed by atoms with Crippen LogP contribution >= 0.6 is 15.9 Å². The van der Waals surface area contributed by atoms with Crippen molar-refractivity contribution < 1.29 is 10.2 Å². The van der Waals surface area contributed by atoms with Crippen LogP contribution in [0, 0.1) is 0 Å². The zero-order valence-electron chi connectivity index (χ0n) is 11.7. The van der Waals surface area contributed by atoms with Crippen LogP contribution in [0.2, 0.25) is 0 Å². The van der Waals surface area contributed by atoms with Crippen LogP contribution in [0.5, 0.6) is 0 Å². The summed E-state index contributed by atoms with van der Waals surface area (Å²) < 4.78 is 1.01. The number of nitrogens with two attached hydrogens (primary N) is 1. The number of hydrogen-bond acceptors (Lipinski definition) is 4. The average Bonchev–Trinajstić information content (AvgIpc) is 2.48. The number of nitrogen functional groups attached to an aromatic ring is 1. The topological polar surface area (TPSA) is 69.7 Å². The number of hydrogen-bond donors (Lipinski definition) is 3. The molecule has 2 aromatic carbocycles. The number of nitrogens with zero attached hydrogens (tertiary/aromatic N) is 1. The van der Waals surface area contributed by atoms with Crippen LogP contribution in [0.1, 0.15) is 0 Å². The lowest BCUT2D eigenvalue weighted by molar-refractivity contribution is 0.281. The van der Waals surface area contributed by atoms with Crippen LogP contribution in [0.4, 0.5) is 11.4 Å². The Kier molecular flexibility index (Phi) is 5.61. The van der Waals surface area contributed by atoms with E-state index in [1.54, 1.807) is 0 Å². The first-order valence-corrected chi connectivity index (χ1v) is 7.57. The standard InChI is InChI=1S/C16H19BrN2O2/c17-13-3-1-12(2-4-13)15-11-14(18)5-6-16(15)19(7-9-20)8-10-21/h1-6,11,20-21H,7-10,18H2. The molecule has 21 heavy (non-hydrogen) atoms. The molecule has 0 bridgehead atoms. The Bertz CT molecular complexity index is 581. The lowest BCUT2D eigenvalue weighted by atomic mass is 10.0. The Hall–Kier alpha value is -1.56. The van der Waals surface area contributed by atoms with Crippen molar-refractivity contribution in [1.82, 2.24) is 0 Å². The van der Waals surface area contributed by atoms with E-state index in [2.05, 4.69) is 15.9 Å². The lowest BCUT2D eigenvalue weighted by Crippen LogP contribution is -2.30. The van der Waals surface area contributed by atoms with Crippen LogP contribution < -0.4 is 10.6 Å². The summed E-state index contributed by atoms with van der Waals surface area (Å²) in [5.41, 5.74) is 9.59. The molecule has 2 rings (SSSR count). The van der Waals surface area contributed by atoms with Crippen molar-refractivity contribution in [3.05, 3.63) is 46.9 Å². The highest BCUT2D eigenvalue weighted by molar-refractivity contribution is 9.10. The van der Waals surface area contributed by atoms with E-state index in [4.69, 9.17) is 5.73 Å². The van der Waals surface area contributed by atoms with Crippen LogP contribution in [0.25, 0.3) is 11.1 Å². The van der Waals surface area contributed by atoms with E-state index in [1.165, 1.54) is 0 Å². The molecule has 4 nitrogen and oxygen atoms in total. The van der Waals surface area contributed by atoms with E-state index < -0.39 is 0 Å². The second-order valence-corrected chi connectivity index (χ2v) is 5.63. The third-order valence-electron chi connectivity index (χ3n) is 3.26. The maximum Gasteiger partial charge on any atom is 0.0606 e. The van der Waals surface area contributed by atoms with Gasteiger partial charge >= 0.3 is 0 Å². The van der Waals surface area contributed by atoms with E-state index in [9.17, 15) is 10.2 Å². The normalized spacial score (nSPS) is 10.6. The van der Waals surface area contributed by atoms with Crippen molar-refractivity contribution in [3.8, 4) is 11.1 Å². The molecule has 0 aliphatic heterocycles. The van der Waals surface area contributed by atoms with Crippen LogP contribution in [0.15, 0.2) is 46.9 Å². The van der Waals surface area contributed by atoms with Crippen molar-refractivity contribution in [2.24, 2.45) is 0 Å². The van der Waals surface area contributed by atoms with Gasteiger partial charge in [0.25, 0.3) is 0 Å². The Balaban J connectivity index is 2.47. The zero-order valence-corrected chi connectivity index (χ0v) is 13.3. The molecule has 0 radical (unpaired) electrons. The molecule has 112 valence electrons. The van der Waals surface area contributed by atoms with E-state index in [-0.39, 0.29) is 13.2 Å². The maximum absolute atomic E-state index is 9.22. The van der Waals surface area contributed by atoms with E-state index >= 15 is 0 Å². The Labute approximate surface area is 133 Å². The van der Waals surface area contributed by atoms with Crippen molar-refractivity contribution in [2.45, 2.75) is 0 Å². The third kappa shape index (κ3) is 3.97. The van der Waals surface area contributed by atoms with Crippen molar-refractivity contribution >= 4 is 27.3 Å². The van der Waals surface area contributed by atoms with Gasteiger partial charge in [0.1, 0.15) is 0 Å². The van der Waals surface area contributed by atoms with Gasteiger partial charge in [0.2, 0.25) is 0 Å². The molecule has 0 atom stereocenters. The second-order valence-electron chi connectivity index (χ2n) is 4.72. The summed E-state index contributed by atoms with van der Waals surface area (Å²) in [6.07, 6.45) is 0. The highest BCUT2D eigenvalue weighted by atomic mass is 79.9. The van der Waals surface area contributed by atoms with Gasteiger partial charge in [-0.15, -0.1) is 0 Å². The van der Waals surface area contributed by atoms with E-state index in [0.717, 1.165) is 21.3 Å². The second kappa shape index (κ2) is 7.45. The monoisotopic (exact) mass is 350 g/mol. The summed E-state index contributed by atoms with van der Waals surface area (Å²) in [5, 5.41) is 18.4. The quantitative estimate of drug-likeness (QED) is 0.700. The lowest BCUT2D eigenvalue weighted by Gasteiger charge is -2.26. The van der Waals surface area contributed by atoms with Gasteiger partial charge in [0, 0.05) is 34.5 Å². The smallest absolute Gasteiger partial charge is 0.0606 e. The summed E-state index contributed by atoms with van der Waals surface area (Å²) in [6, 6.07) is 13.7. The highest BCUT2D eigenvalue weighted by Gasteiger charge is 2.12. The van der Waals surface area contributed by atoms with Gasteiger partial charge in [0.05, 0.1) is 13.2 Å². The molecule has 0 heterocycles. The number of benzene rings is 2. The van der Waals surface area contributed by atoms with Gasteiger partial charge < -0.3 is 20.8 Å². The molecule has 0 fully saturated rings. The molecular weight excluding hydrogens is 332 g/mol. The molecule has 0 saturated heterocycles. The number of anilines is 2. The first-order valence-electron chi connectivity index (χ1n) is 6.78. The fourth-order valence-corrected chi connectivity index (χ4v) is 2.55. The molecule has 0 amide bonds.